The lowest BCUT2D eigenvalue weighted by Gasteiger charge is -2.10. The van der Waals surface area contributed by atoms with Gasteiger partial charge in [0.25, 0.3) is 0 Å². The first-order chi connectivity index (χ1) is 11.2. The lowest BCUT2D eigenvalue weighted by atomic mass is 10.1. The molecule has 5 nitrogen and oxygen atoms in total. The Morgan fingerprint density at radius 1 is 0.913 bits per heavy atom. The summed E-state index contributed by atoms with van der Waals surface area (Å²) in [5.74, 6) is 0. The van der Waals surface area contributed by atoms with Crippen molar-refractivity contribution >= 4 is 13.0 Å². The molecule has 0 spiro atoms. The molecule has 0 aliphatic heterocycles. The number of rotatable bonds is 5. The summed E-state index contributed by atoms with van der Waals surface area (Å²) >= 11 is 0. The quantitative estimate of drug-likeness (QED) is 0.671. The van der Waals surface area contributed by atoms with E-state index in [-0.39, 0.29) is 5.44 Å². The second-order valence-corrected chi connectivity index (χ2v) is 7.05. The second kappa shape index (κ2) is 6.50. The fourth-order valence-electron chi connectivity index (χ4n) is 2.34. The Labute approximate surface area is 135 Å². The van der Waals surface area contributed by atoms with Crippen molar-refractivity contribution in [1.82, 2.24) is 9.78 Å². The molecule has 6 heteroatoms. The van der Waals surface area contributed by atoms with Crippen molar-refractivity contribution in [3.63, 3.8) is 0 Å². The minimum Gasteiger partial charge on any atom is -0.307 e. The van der Waals surface area contributed by atoms with Crippen LogP contribution in [0.1, 0.15) is 0 Å². The maximum Gasteiger partial charge on any atom is 0.380 e. The van der Waals surface area contributed by atoms with Crippen molar-refractivity contribution < 1.29 is 13.6 Å². The first kappa shape index (κ1) is 15.7. The highest BCUT2D eigenvalue weighted by atomic mass is 31.2. The monoisotopic (exact) mass is 328 g/mol. The Kier molecular flexibility index (Phi) is 4.44. The molecule has 0 saturated carbocycles. The molecule has 23 heavy (non-hydrogen) atoms. The molecule has 3 aromatic rings. The molecule has 1 aromatic heterocycles. The summed E-state index contributed by atoms with van der Waals surface area (Å²) in [6, 6.07) is 21.2. The molecule has 1 heterocycles. The number of para-hydroxylation sites is 1. The maximum absolute atomic E-state index is 12.7. The second-order valence-electron chi connectivity index (χ2n) is 4.86. The van der Waals surface area contributed by atoms with Gasteiger partial charge in [0, 0.05) is 25.8 Å². The van der Waals surface area contributed by atoms with Gasteiger partial charge in [-0.05, 0) is 12.1 Å². The Bertz CT molecular complexity index is 767. The van der Waals surface area contributed by atoms with E-state index in [0.717, 1.165) is 16.9 Å². The summed E-state index contributed by atoms with van der Waals surface area (Å²) in [5.41, 5.74) is 2.94. The molecular formula is C17H17N2O3P. The van der Waals surface area contributed by atoms with Crippen LogP contribution in [-0.4, -0.2) is 24.0 Å². The van der Waals surface area contributed by atoms with Gasteiger partial charge >= 0.3 is 7.60 Å². The molecule has 0 radical (unpaired) electrons. The van der Waals surface area contributed by atoms with Crippen molar-refractivity contribution in [2.75, 3.05) is 14.2 Å². The van der Waals surface area contributed by atoms with Crippen LogP contribution >= 0.6 is 7.60 Å². The molecule has 0 unspecified atom stereocenters. The predicted molar refractivity (Wildman–Crippen MR) is 90.3 cm³/mol. The van der Waals surface area contributed by atoms with Crippen LogP contribution in [0.3, 0.4) is 0 Å². The molecule has 0 atom stereocenters. The molecule has 2 aromatic carbocycles. The van der Waals surface area contributed by atoms with E-state index in [9.17, 15) is 4.57 Å². The number of hydrogen-bond donors (Lipinski definition) is 0. The molecule has 0 N–H and O–H groups in total. The number of nitrogens with zero attached hydrogens (tertiary/aromatic N) is 2. The predicted octanol–water partition coefficient (Wildman–Crippen LogP) is 3.65. The molecular weight excluding hydrogens is 311 g/mol. The van der Waals surface area contributed by atoms with Gasteiger partial charge in [-0.3, -0.25) is 4.57 Å². The number of hydrogen-bond acceptors (Lipinski definition) is 4. The maximum atomic E-state index is 12.7. The van der Waals surface area contributed by atoms with Crippen LogP contribution < -0.4 is 5.44 Å². The zero-order valence-corrected chi connectivity index (χ0v) is 13.8. The summed E-state index contributed by atoms with van der Waals surface area (Å²) in [5, 5.41) is 4.47. The standard InChI is InChI=1S/C17H17N2O3P/c1-21-23(20,22-2)17-13-16(14-9-5-3-6-10-14)19(18-17)15-11-7-4-8-12-15/h3-13H,1-2H3. The minimum atomic E-state index is -3.41. The largest absolute Gasteiger partial charge is 0.380 e. The first-order valence-corrected chi connectivity index (χ1v) is 8.65. The topological polar surface area (TPSA) is 53.4 Å². The van der Waals surface area contributed by atoms with Gasteiger partial charge in [-0.25, -0.2) is 4.68 Å². The zero-order valence-electron chi connectivity index (χ0n) is 12.9. The van der Waals surface area contributed by atoms with E-state index in [1.165, 1.54) is 14.2 Å². The number of benzene rings is 2. The van der Waals surface area contributed by atoms with Gasteiger partial charge in [0.05, 0.1) is 11.4 Å². The van der Waals surface area contributed by atoms with E-state index in [1.807, 2.05) is 60.7 Å². The van der Waals surface area contributed by atoms with Crippen molar-refractivity contribution in [2.24, 2.45) is 0 Å². The van der Waals surface area contributed by atoms with E-state index in [0.29, 0.717) is 0 Å². The average molecular weight is 328 g/mol. The first-order valence-electron chi connectivity index (χ1n) is 7.11. The third-order valence-electron chi connectivity index (χ3n) is 3.53. The molecule has 0 aliphatic carbocycles. The van der Waals surface area contributed by atoms with E-state index in [1.54, 1.807) is 10.7 Å². The molecule has 118 valence electrons. The lowest BCUT2D eigenvalue weighted by Crippen LogP contribution is -2.11. The summed E-state index contributed by atoms with van der Waals surface area (Å²) in [4.78, 5) is 0. The van der Waals surface area contributed by atoms with Crippen molar-refractivity contribution in [1.29, 1.82) is 0 Å². The summed E-state index contributed by atoms with van der Waals surface area (Å²) in [6.45, 7) is 0. The van der Waals surface area contributed by atoms with E-state index >= 15 is 0 Å². The van der Waals surface area contributed by atoms with Crippen LogP contribution in [-0.2, 0) is 13.6 Å². The van der Waals surface area contributed by atoms with Crippen LogP contribution in [0.15, 0.2) is 66.7 Å². The van der Waals surface area contributed by atoms with Crippen molar-refractivity contribution in [3.05, 3.63) is 66.7 Å². The highest BCUT2D eigenvalue weighted by Crippen LogP contribution is 2.45. The fourth-order valence-corrected chi connectivity index (χ4v) is 3.35. The average Bonchev–Trinajstić information content (AvgIpc) is 3.08. The summed E-state index contributed by atoms with van der Waals surface area (Å²) in [6.07, 6.45) is 0. The van der Waals surface area contributed by atoms with Gasteiger partial charge in [0.2, 0.25) is 0 Å². The smallest absolute Gasteiger partial charge is 0.307 e. The molecule has 0 amide bonds. The molecule has 0 fully saturated rings. The highest BCUT2D eigenvalue weighted by Gasteiger charge is 2.29. The Morgan fingerprint density at radius 3 is 2.04 bits per heavy atom. The van der Waals surface area contributed by atoms with Crippen molar-refractivity contribution in [2.45, 2.75) is 0 Å². The lowest BCUT2D eigenvalue weighted by molar-refractivity contribution is 0.286. The molecule has 3 rings (SSSR count). The van der Waals surface area contributed by atoms with Gasteiger partial charge in [0.15, 0.2) is 5.44 Å². The van der Waals surface area contributed by atoms with Gasteiger partial charge in [-0.15, -0.1) is 0 Å². The normalized spacial score (nSPS) is 11.6. The molecule has 0 bridgehead atoms. The summed E-state index contributed by atoms with van der Waals surface area (Å²) in [7, 11) is -0.702. The van der Waals surface area contributed by atoms with Gasteiger partial charge in [-0.2, -0.15) is 5.10 Å². The van der Waals surface area contributed by atoms with Gasteiger partial charge < -0.3 is 9.05 Å². The zero-order chi connectivity index (χ0) is 16.3. The Balaban J connectivity index is 2.21. The molecule has 0 aliphatic rings. The van der Waals surface area contributed by atoms with E-state index in [2.05, 4.69) is 5.10 Å². The third-order valence-corrected chi connectivity index (χ3v) is 5.27. The van der Waals surface area contributed by atoms with Crippen LogP contribution in [0.25, 0.3) is 16.9 Å². The van der Waals surface area contributed by atoms with Gasteiger partial charge in [-0.1, -0.05) is 48.5 Å². The van der Waals surface area contributed by atoms with E-state index < -0.39 is 7.60 Å². The van der Waals surface area contributed by atoms with Crippen LogP contribution in [0, 0.1) is 0 Å². The van der Waals surface area contributed by atoms with Crippen LogP contribution in [0.5, 0.6) is 0 Å². The molecule has 0 saturated heterocycles. The van der Waals surface area contributed by atoms with Crippen molar-refractivity contribution in [3.8, 4) is 16.9 Å². The third kappa shape index (κ3) is 2.99. The van der Waals surface area contributed by atoms with Gasteiger partial charge in [0.1, 0.15) is 0 Å². The Hall–Kier alpha value is -2.20. The van der Waals surface area contributed by atoms with Crippen LogP contribution in [0.2, 0.25) is 0 Å². The fraction of sp³-hybridized carbons (Fsp3) is 0.118. The van der Waals surface area contributed by atoms with Crippen LogP contribution in [0.4, 0.5) is 0 Å². The summed E-state index contributed by atoms with van der Waals surface area (Å²) < 4.78 is 24.5. The van der Waals surface area contributed by atoms with E-state index in [4.69, 9.17) is 9.05 Å². The number of aromatic nitrogens is 2. The SMILES string of the molecule is COP(=O)(OC)c1cc(-c2ccccc2)n(-c2ccccc2)n1. The minimum absolute atomic E-state index is 0.283. The Morgan fingerprint density at radius 2 is 1.48 bits per heavy atom. The highest BCUT2D eigenvalue weighted by molar-refractivity contribution is 7.61.